The Morgan fingerprint density at radius 3 is 2.95 bits per heavy atom. The van der Waals surface area contributed by atoms with Crippen LogP contribution in [0.3, 0.4) is 0 Å². The van der Waals surface area contributed by atoms with Gasteiger partial charge in [0.2, 0.25) is 5.91 Å². The zero-order valence-electron chi connectivity index (χ0n) is 11.6. The van der Waals surface area contributed by atoms with Crippen LogP contribution in [-0.4, -0.2) is 23.7 Å². The van der Waals surface area contributed by atoms with Gasteiger partial charge in [-0.25, -0.2) is 0 Å². The summed E-state index contributed by atoms with van der Waals surface area (Å²) in [6, 6.07) is 7.64. The molecular formula is C16H20ClNO2. The molecule has 0 radical (unpaired) electrons. The number of hydrogen-bond acceptors (Lipinski definition) is 2. The molecule has 1 aromatic carbocycles. The van der Waals surface area contributed by atoms with Gasteiger partial charge in [-0.05, 0) is 30.5 Å². The predicted molar refractivity (Wildman–Crippen MR) is 80.6 cm³/mol. The standard InChI is InChI=1S/C16H20ClNO2/c1-11(7-12-3-2-4-14(17)8-12)16(20)18-15-6-5-13(9-15)10-19/h2-6,8,11,13,15,19H,7,9-10H2,1H3,(H,18,20)/t11?,13-,15+/m0/s1. The molecule has 1 unspecified atom stereocenters. The monoisotopic (exact) mass is 293 g/mol. The highest BCUT2D eigenvalue weighted by Crippen LogP contribution is 2.18. The zero-order chi connectivity index (χ0) is 14.5. The summed E-state index contributed by atoms with van der Waals surface area (Å²) in [7, 11) is 0. The maximum absolute atomic E-state index is 12.1. The van der Waals surface area contributed by atoms with Gasteiger partial charge < -0.3 is 10.4 Å². The third-order valence-corrected chi connectivity index (χ3v) is 3.85. The van der Waals surface area contributed by atoms with Gasteiger partial charge in [-0.15, -0.1) is 0 Å². The van der Waals surface area contributed by atoms with Crippen LogP contribution in [0.1, 0.15) is 18.9 Å². The number of hydrogen-bond donors (Lipinski definition) is 2. The van der Waals surface area contributed by atoms with Crippen LogP contribution < -0.4 is 5.32 Å². The smallest absolute Gasteiger partial charge is 0.223 e. The first-order valence-corrected chi connectivity index (χ1v) is 7.30. The molecule has 3 nitrogen and oxygen atoms in total. The van der Waals surface area contributed by atoms with Crippen molar-refractivity contribution in [2.75, 3.05) is 6.61 Å². The molecule has 0 saturated carbocycles. The zero-order valence-corrected chi connectivity index (χ0v) is 12.3. The Bertz CT molecular complexity index is 501. The van der Waals surface area contributed by atoms with Crippen molar-refractivity contribution in [1.29, 1.82) is 0 Å². The second kappa shape index (κ2) is 6.91. The minimum atomic E-state index is -0.102. The summed E-state index contributed by atoms with van der Waals surface area (Å²) in [6.07, 6.45) is 5.38. The fourth-order valence-electron chi connectivity index (χ4n) is 2.45. The molecule has 0 bridgehead atoms. The van der Waals surface area contributed by atoms with Gasteiger partial charge in [-0.1, -0.05) is 42.8 Å². The highest BCUT2D eigenvalue weighted by molar-refractivity contribution is 6.30. The Morgan fingerprint density at radius 1 is 1.50 bits per heavy atom. The molecule has 0 fully saturated rings. The molecule has 0 spiro atoms. The first-order chi connectivity index (χ1) is 9.58. The van der Waals surface area contributed by atoms with E-state index in [1.165, 1.54) is 0 Å². The van der Waals surface area contributed by atoms with Gasteiger partial charge >= 0.3 is 0 Å². The number of benzene rings is 1. The Hall–Kier alpha value is -1.32. The fraction of sp³-hybridized carbons (Fsp3) is 0.438. The van der Waals surface area contributed by atoms with Crippen molar-refractivity contribution in [2.24, 2.45) is 11.8 Å². The molecule has 3 atom stereocenters. The SMILES string of the molecule is CC(Cc1cccc(Cl)c1)C(=O)N[C@@H]1C=C[C@H](CO)C1. The van der Waals surface area contributed by atoms with E-state index in [1.54, 1.807) is 0 Å². The van der Waals surface area contributed by atoms with Crippen LogP contribution in [0, 0.1) is 11.8 Å². The van der Waals surface area contributed by atoms with Crippen molar-refractivity contribution in [1.82, 2.24) is 5.32 Å². The first-order valence-electron chi connectivity index (χ1n) is 6.92. The number of aliphatic hydroxyl groups is 1. The van der Waals surface area contributed by atoms with Crippen molar-refractivity contribution in [3.8, 4) is 0 Å². The number of amides is 1. The number of carbonyl (C=O) groups is 1. The molecule has 1 aromatic rings. The molecule has 2 rings (SSSR count). The molecule has 0 saturated heterocycles. The number of carbonyl (C=O) groups excluding carboxylic acids is 1. The molecule has 2 N–H and O–H groups in total. The van der Waals surface area contributed by atoms with Gasteiger partial charge in [0.15, 0.2) is 0 Å². The average Bonchev–Trinajstić information content (AvgIpc) is 2.86. The van der Waals surface area contributed by atoms with E-state index in [9.17, 15) is 4.79 Å². The predicted octanol–water partition coefficient (Wildman–Crippen LogP) is 2.57. The number of aliphatic hydroxyl groups excluding tert-OH is 1. The van der Waals surface area contributed by atoms with Gasteiger partial charge in [0.25, 0.3) is 0 Å². The van der Waals surface area contributed by atoms with Crippen LogP contribution in [0.5, 0.6) is 0 Å². The molecular weight excluding hydrogens is 274 g/mol. The molecule has 0 aliphatic heterocycles. The maximum Gasteiger partial charge on any atom is 0.223 e. The molecule has 0 aromatic heterocycles. The lowest BCUT2D eigenvalue weighted by molar-refractivity contribution is -0.124. The quantitative estimate of drug-likeness (QED) is 0.820. The minimum absolute atomic E-state index is 0.0400. The maximum atomic E-state index is 12.1. The van der Waals surface area contributed by atoms with Gasteiger partial charge in [0.1, 0.15) is 0 Å². The Kier molecular flexibility index (Phi) is 5.21. The lowest BCUT2D eigenvalue weighted by atomic mass is 10.00. The van der Waals surface area contributed by atoms with E-state index in [0.29, 0.717) is 11.4 Å². The molecule has 1 amide bonds. The third-order valence-electron chi connectivity index (χ3n) is 3.61. The topological polar surface area (TPSA) is 49.3 Å². The number of rotatable bonds is 5. The van der Waals surface area contributed by atoms with Crippen molar-refractivity contribution >= 4 is 17.5 Å². The first kappa shape index (κ1) is 15.1. The average molecular weight is 294 g/mol. The molecule has 108 valence electrons. The Balaban J connectivity index is 1.85. The summed E-state index contributed by atoms with van der Waals surface area (Å²) in [6.45, 7) is 2.05. The van der Waals surface area contributed by atoms with Crippen molar-refractivity contribution < 1.29 is 9.90 Å². The minimum Gasteiger partial charge on any atom is -0.396 e. The Labute approximate surface area is 124 Å². The van der Waals surface area contributed by atoms with E-state index in [1.807, 2.05) is 43.3 Å². The van der Waals surface area contributed by atoms with E-state index in [0.717, 1.165) is 12.0 Å². The molecule has 0 heterocycles. The van der Waals surface area contributed by atoms with Crippen LogP contribution in [-0.2, 0) is 11.2 Å². The van der Waals surface area contributed by atoms with Crippen LogP contribution in [0.25, 0.3) is 0 Å². The molecule has 20 heavy (non-hydrogen) atoms. The summed E-state index contributed by atoms with van der Waals surface area (Å²) in [5, 5.41) is 12.8. The van der Waals surface area contributed by atoms with Crippen LogP contribution >= 0.6 is 11.6 Å². The number of halogens is 1. The molecule has 4 heteroatoms. The largest absolute Gasteiger partial charge is 0.396 e. The molecule has 1 aliphatic carbocycles. The van der Waals surface area contributed by atoms with Crippen LogP contribution in [0.2, 0.25) is 5.02 Å². The van der Waals surface area contributed by atoms with Crippen molar-refractivity contribution in [2.45, 2.75) is 25.8 Å². The second-order valence-corrected chi connectivity index (χ2v) is 5.85. The van der Waals surface area contributed by atoms with Crippen LogP contribution in [0.4, 0.5) is 0 Å². The van der Waals surface area contributed by atoms with Crippen molar-refractivity contribution in [3.63, 3.8) is 0 Å². The normalized spacial score (nSPS) is 22.8. The third kappa shape index (κ3) is 4.09. The summed E-state index contributed by atoms with van der Waals surface area (Å²) < 4.78 is 0. The van der Waals surface area contributed by atoms with E-state index < -0.39 is 0 Å². The van der Waals surface area contributed by atoms with Crippen LogP contribution in [0.15, 0.2) is 36.4 Å². The van der Waals surface area contributed by atoms with Gasteiger partial charge in [0, 0.05) is 29.5 Å². The van der Waals surface area contributed by atoms with E-state index >= 15 is 0 Å². The summed E-state index contributed by atoms with van der Waals surface area (Å²) in [4.78, 5) is 12.1. The van der Waals surface area contributed by atoms with Gasteiger partial charge in [0.05, 0.1) is 0 Å². The highest BCUT2D eigenvalue weighted by Gasteiger charge is 2.22. The highest BCUT2D eigenvalue weighted by atomic mass is 35.5. The van der Waals surface area contributed by atoms with E-state index in [4.69, 9.17) is 16.7 Å². The lowest BCUT2D eigenvalue weighted by Crippen LogP contribution is -2.37. The second-order valence-electron chi connectivity index (χ2n) is 5.41. The number of nitrogens with one attached hydrogen (secondary N) is 1. The molecule has 1 aliphatic rings. The van der Waals surface area contributed by atoms with E-state index in [2.05, 4.69) is 5.32 Å². The lowest BCUT2D eigenvalue weighted by Gasteiger charge is -2.17. The van der Waals surface area contributed by atoms with Crippen molar-refractivity contribution in [3.05, 3.63) is 47.0 Å². The van der Waals surface area contributed by atoms with Gasteiger partial charge in [-0.2, -0.15) is 0 Å². The summed E-state index contributed by atoms with van der Waals surface area (Å²) in [5.74, 6) is 0.108. The van der Waals surface area contributed by atoms with E-state index in [-0.39, 0.29) is 30.4 Å². The summed E-state index contributed by atoms with van der Waals surface area (Å²) >= 11 is 5.94. The Morgan fingerprint density at radius 2 is 2.30 bits per heavy atom. The summed E-state index contributed by atoms with van der Waals surface area (Å²) in [5.41, 5.74) is 1.07. The van der Waals surface area contributed by atoms with Gasteiger partial charge in [-0.3, -0.25) is 4.79 Å². The fourth-order valence-corrected chi connectivity index (χ4v) is 2.67.